The minimum Gasteiger partial charge on any atom is -0.307 e. The van der Waals surface area contributed by atoms with E-state index < -0.39 is 5.82 Å². The van der Waals surface area contributed by atoms with E-state index >= 15 is 0 Å². The molecule has 0 amide bonds. The van der Waals surface area contributed by atoms with Gasteiger partial charge in [0.25, 0.3) is 0 Å². The summed E-state index contributed by atoms with van der Waals surface area (Å²) in [6, 6.07) is 6.88. The van der Waals surface area contributed by atoms with E-state index in [1.54, 1.807) is 17.7 Å². The van der Waals surface area contributed by atoms with E-state index in [0.717, 1.165) is 37.1 Å². The molecule has 1 aliphatic rings. The normalized spacial score (nSPS) is 21.3. The fraction of sp³-hybridized carbons (Fsp3) is 0.526. The van der Waals surface area contributed by atoms with Crippen molar-refractivity contribution in [3.63, 3.8) is 0 Å². The van der Waals surface area contributed by atoms with Gasteiger partial charge in [0, 0.05) is 25.6 Å². The Bertz CT molecular complexity index is 866. The van der Waals surface area contributed by atoms with Crippen LogP contribution in [0.5, 0.6) is 0 Å². The predicted octanol–water partition coefficient (Wildman–Crippen LogP) is 2.57. The topological polar surface area (TPSA) is 86.5 Å². The van der Waals surface area contributed by atoms with Crippen LogP contribution in [0.25, 0.3) is 0 Å². The van der Waals surface area contributed by atoms with E-state index in [9.17, 15) is 9.18 Å². The van der Waals surface area contributed by atoms with Gasteiger partial charge in [-0.05, 0) is 43.4 Å². The van der Waals surface area contributed by atoms with Crippen LogP contribution in [0.1, 0.15) is 55.6 Å². The minimum absolute atomic E-state index is 0.0224. The summed E-state index contributed by atoms with van der Waals surface area (Å²) in [5, 5.41) is 19.1. The summed E-state index contributed by atoms with van der Waals surface area (Å²) in [6.45, 7) is 2.01. The summed E-state index contributed by atoms with van der Waals surface area (Å²) in [4.78, 5) is 11.6. The molecule has 0 radical (unpaired) electrons. The van der Waals surface area contributed by atoms with E-state index in [4.69, 9.17) is 5.26 Å². The van der Waals surface area contributed by atoms with Gasteiger partial charge in [-0.1, -0.05) is 18.9 Å². The molecule has 3 atom stereocenters. The molecule has 0 aliphatic heterocycles. The van der Waals surface area contributed by atoms with Crippen LogP contribution in [-0.4, -0.2) is 20.8 Å². The van der Waals surface area contributed by atoms with Gasteiger partial charge in [0.15, 0.2) is 0 Å². The van der Waals surface area contributed by atoms with Crippen LogP contribution in [0.2, 0.25) is 0 Å². The van der Waals surface area contributed by atoms with Crippen molar-refractivity contribution in [1.82, 2.24) is 20.1 Å². The molecule has 1 unspecified atom stereocenters. The highest BCUT2D eigenvalue weighted by atomic mass is 19.1. The fourth-order valence-corrected chi connectivity index (χ4v) is 3.78. The van der Waals surface area contributed by atoms with Gasteiger partial charge in [0.05, 0.1) is 5.56 Å². The quantitative estimate of drug-likeness (QED) is 0.861. The number of hydrogen-bond donors (Lipinski definition) is 2. The van der Waals surface area contributed by atoms with E-state index in [1.807, 2.05) is 13.0 Å². The van der Waals surface area contributed by atoms with Crippen LogP contribution in [0.3, 0.4) is 0 Å². The first-order valence-electron chi connectivity index (χ1n) is 9.05. The summed E-state index contributed by atoms with van der Waals surface area (Å²) >= 11 is 0. The van der Waals surface area contributed by atoms with Crippen LogP contribution in [0.15, 0.2) is 23.0 Å². The largest absolute Gasteiger partial charge is 0.343 e. The van der Waals surface area contributed by atoms with Gasteiger partial charge >= 0.3 is 5.69 Å². The first-order valence-corrected chi connectivity index (χ1v) is 9.05. The lowest BCUT2D eigenvalue weighted by Crippen LogP contribution is -2.41. The molecule has 1 aromatic carbocycles. The van der Waals surface area contributed by atoms with Crippen molar-refractivity contribution in [2.45, 2.75) is 51.1 Å². The Morgan fingerprint density at radius 2 is 2.23 bits per heavy atom. The Labute approximate surface area is 152 Å². The van der Waals surface area contributed by atoms with E-state index in [-0.39, 0.29) is 23.3 Å². The second kappa shape index (κ2) is 7.83. The summed E-state index contributed by atoms with van der Waals surface area (Å²) in [5.74, 6) is 0.666. The second-order valence-electron chi connectivity index (χ2n) is 7.10. The zero-order chi connectivity index (χ0) is 18.7. The molecule has 138 valence electrons. The third-order valence-corrected chi connectivity index (χ3v) is 5.40. The zero-order valence-corrected chi connectivity index (χ0v) is 15.1. The number of aromatic amines is 1. The molecule has 1 aliphatic carbocycles. The summed E-state index contributed by atoms with van der Waals surface area (Å²) < 4.78 is 15.5. The zero-order valence-electron chi connectivity index (χ0n) is 15.1. The maximum absolute atomic E-state index is 13.9. The lowest BCUT2D eigenvalue weighted by atomic mass is 9.81. The fourth-order valence-electron chi connectivity index (χ4n) is 3.78. The molecule has 1 fully saturated rings. The molecule has 7 heteroatoms. The van der Waals surface area contributed by atoms with Gasteiger partial charge in [0.2, 0.25) is 0 Å². The Hall–Kier alpha value is -2.46. The first-order chi connectivity index (χ1) is 12.5. The van der Waals surface area contributed by atoms with Gasteiger partial charge in [-0.2, -0.15) is 10.4 Å². The molecule has 6 nitrogen and oxygen atoms in total. The maximum Gasteiger partial charge on any atom is 0.343 e. The predicted molar refractivity (Wildman–Crippen MR) is 95.9 cm³/mol. The Kier molecular flexibility index (Phi) is 5.52. The number of benzene rings is 1. The molecule has 0 spiro atoms. The van der Waals surface area contributed by atoms with Crippen molar-refractivity contribution >= 4 is 0 Å². The third kappa shape index (κ3) is 3.86. The highest BCUT2D eigenvalue weighted by Gasteiger charge is 2.28. The molecule has 0 bridgehead atoms. The Morgan fingerprint density at radius 3 is 2.88 bits per heavy atom. The van der Waals surface area contributed by atoms with Crippen molar-refractivity contribution in [2.24, 2.45) is 13.0 Å². The van der Waals surface area contributed by atoms with Gasteiger partial charge in [-0.3, -0.25) is 4.57 Å². The molecular formula is C19H24FN5O. The second-order valence-corrected chi connectivity index (χ2v) is 7.10. The smallest absolute Gasteiger partial charge is 0.307 e. The lowest BCUT2D eigenvalue weighted by molar-refractivity contribution is 0.241. The monoisotopic (exact) mass is 357 g/mol. The van der Waals surface area contributed by atoms with Crippen LogP contribution >= 0.6 is 0 Å². The van der Waals surface area contributed by atoms with Crippen LogP contribution in [0, 0.1) is 23.1 Å². The average molecular weight is 357 g/mol. The lowest BCUT2D eigenvalue weighted by Gasteiger charge is -2.34. The third-order valence-electron chi connectivity index (χ3n) is 5.40. The number of nitriles is 1. The van der Waals surface area contributed by atoms with Crippen LogP contribution < -0.4 is 11.0 Å². The van der Waals surface area contributed by atoms with Gasteiger partial charge < -0.3 is 5.32 Å². The van der Waals surface area contributed by atoms with E-state index in [1.165, 1.54) is 18.6 Å². The molecule has 0 saturated heterocycles. The number of rotatable bonds is 5. The molecule has 1 aromatic heterocycles. The van der Waals surface area contributed by atoms with Crippen molar-refractivity contribution in [3.8, 4) is 6.07 Å². The van der Waals surface area contributed by atoms with Gasteiger partial charge in [-0.15, -0.1) is 0 Å². The number of hydrogen-bond acceptors (Lipinski definition) is 4. The van der Waals surface area contributed by atoms with Gasteiger partial charge in [0.1, 0.15) is 17.7 Å². The Morgan fingerprint density at radius 1 is 1.46 bits per heavy atom. The van der Waals surface area contributed by atoms with Crippen LogP contribution in [0.4, 0.5) is 4.39 Å². The molecule has 26 heavy (non-hydrogen) atoms. The van der Waals surface area contributed by atoms with Crippen molar-refractivity contribution in [2.75, 3.05) is 0 Å². The molecule has 2 N–H and O–H groups in total. The van der Waals surface area contributed by atoms with Gasteiger partial charge in [-0.25, -0.2) is 14.3 Å². The van der Waals surface area contributed by atoms with Crippen molar-refractivity contribution in [1.29, 1.82) is 5.26 Å². The highest BCUT2D eigenvalue weighted by molar-refractivity contribution is 5.34. The molecular weight excluding hydrogens is 333 g/mol. The van der Waals surface area contributed by atoms with E-state index in [0.29, 0.717) is 5.92 Å². The molecule has 1 heterocycles. The SMILES string of the molecule is CC(N[C@@H]1CCCC[C@@H]1Cc1n[nH]c(=O)n1C)c1ccc(C#N)c(F)c1. The molecule has 2 aromatic rings. The van der Waals surface area contributed by atoms with Crippen molar-refractivity contribution in [3.05, 3.63) is 51.5 Å². The molecule has 3 rings (SSSR count). The summed E-state index contributed by atoms with van der Waals surface area (Å²) in [6.07, 6.45) is 5.18. The number of nitrogens with zero attached hydrogens (tertiary/aromatic N) is 3. The number of aromatic nitrogens is 3. The standard InChI is InChI=1S/C19H24FN5O/c1-12(13-7-8-15(11-21)16(20)9-13)22-17-6-4-3-5-14(17)10-18-23-24-19(26)25(18)2/h7-9,12,14,17,22H,3-6,10H2,1-2H3,(H,24,26)/t12?,14-,17-/m1/s1. The molecule has 1 saturated carbocycles. The summed E-state index contributed by atoms with van der Waals surface area (Å²) in [5.41, 5.74) is 0.704. The highest BCUT2D eigenvalue weighted by Crippen LogP contribution is 2.29. The van der Waals surface area contributed by atoms with Crippen LogP contribution in [-0.2, 0) is 13.5 Å². The minimum atomic E-state index is -0.481. The number of halogens is 1. The number of H-pyrrole nitrogens is 1. The Balaban J connectivity index is 1.71. The average Bonchev–Trinajstić information content (AvgIpc) is 2.95. The first kappa shape index (κ1) is 18.3. The summed E-state index contributed by atoms with van der Waals surface area (Å²) in [7, 11) is 1.73. The number of nitrogens with one attached hydrogen (secondary N) is 2. The maximum atomic E-state index is 13.9. The van der Waals surface area contributed by atoms with Crippen molar-refractivity contribution < 1.29 is 4.39 Å². The van der Waals surface area contributed by atoms with E-state index in [2.05, 4.69) is 15.5 Å².